The van der Waals surface area contributed by atoms with E-state index in [0.29, 0.717) is 29.2 Å². The van der Waals surface area contributed by atoms with Gasteiger partial charge in [-0.15, -0.1) is 0 Å². The molecule has 4 aromatic carbocycles. The fourth-order valence-corrected chi connectivity index (χ4v) is 4.95. The number of ether oxygens (including phenoxy) is 1. The number of hydrogen-bond acceptors (Lipinski definition) is 4. The van der Waals surface area contributed by atoms with Gasteiger partial charge < -0.3 is 4.74 Å². The SMILES string of the molecule is O=C(C=CC1(c2ccc(Oc3cnc4ccccc4n3)cc2)C=CC=C(c2ccccc2F)C1)c1ccccc1. The van der Waals surface area contributed by atoms with Gasteiger partial charge in [0, 0.05) is 16.5 Å². The molecule has 5 aromatic rings. The number of ketones is 1. The summed E-state index contributed by atoms with van der Waals surface area (Å²) in [6.07, 6.45) is 11.5. The summed E-state index contributed by atoms with van der Waals surface area (Å²) < 4.78 is 20.8. The van der Waals surface area contributed by atoms with E-state index in [9.17, 15) is 9.18 Å². The first-order valence-corrected chi connectivity index (χ1v) is 13.0. The first-order valence-electron chi connectivity index (χ1n) is 13.0. The molecule has 1 aromatic heterocycles. The standard InChI is InChI=1S/C35H25FN2O2/c36-30-13-5-4-12-29(30)26-11-8-21-35(23-26,22-20-33(39)25-9-2-1-3-10-25)27-16-18-28(19-17-27)40-34-24-37-31-14-6-7-15-32(31)38-34/h1-22,24H,23H2. The number of nitrogens with zero attached hydrogens (tertiary/aromatic N) is 2. The number of hydrogen-bond donors (Lipinski definition) is 0. The number of para-hydroxylation sites is 2. The summed E-state index contributed by atoms with van der Waals surface area (Å²) in [5.74, 6) is 0.641. The molecule has 0 saturated carbocycles. The van der Waals surface area contributed by atoms with Crippen molar-refractivity contribution in [3.63, 3.8) is 0 Å². The average Bonchev–Trinajstić information content (AvgIpc) is 3.01. The van der Waals surface area contributed by atoms with Crippen LogP contribution in [-0.2, 0) is 5.41 Å². The highest BCUT2D eigenvalue weighted by Crippen LogP contribution is 2.41. The molecule has 1 aliphatic rings. The Bertz CT molecular complexity index is 1780. The largest absolute Gasteiger partial charge is 0.437 e. The van der Waals surface area contributed by atoms with Crippen molar-refractivity contribution in [2.75, 3.05) is 0 Å². The minimum absolute atomic E-state index is 0.0924. The molecule has 194 valence electrons. The van der Waals surface area contributed by atoms with Crippen LogP contribution in [0.3, 0.4) is 0 Å². The Morgan fingerprint density at radius 3 is 2.38 bits per heavy atom. The van der Waals surface area contributed by atoms with Crippen molar-refractivity contribution >= 4 is 22.4 Å². The molecule has 0 amide bonds. The molecule has 40 heavy (non-hydrogen) atoms. The summed E-state index contributed by atoms with van der Waals surface area (Å²) in [4.78, 5) is 22.0. The summed E-state index contributed by atoms with van der Waals surface area (Å²) in [5.41, 5.74) is 3.84. The summed E-state index contributed by atoms with van der Waals surface area (Å²) in [7, 11) is 0. The minimum atomic E-state index is -0.669. The highest BCUT2D eigenvalue weighted by atomic mass is 19.1. The third-order valence-corrected chi connectivity index (χ3v) is 7.02. The van der Waals surface area contributed by atoms with Crippen molar-refractivity contribution < 1.29 is 13.9 Å². The van der Waals surface area contributed by atoms with Crippen LogP contribution in [0.2, 0.25) is 0 Å². The Morgan fingerprint density at radius 2 is 1.57 bits per heavy atom. The number of carbonyl (C=O) groups is 1. The van der Waals surface area contributed by atoms with E-state index in [-0.39, 0.29) is 11.6 Å². The number of carbonyl (C=O) groups excluding carboxylic acids is 1. The maximum absolute atomic E-state index is 14.8. The van der Waals surface area contributed by atoms with E-state index in [1.54, 1.807) is 36.5 Å². The van der Waals surface area contributed by atoms with Crippen molar-refractivity contribution in [3.05, 3.63) is 162 Å². The molecule has 0 fully saturated rings. The van der Waals surface area contributed by atoms with Crippen LogP contribution in [-0.4, -0.2) is 15.8 Å². The van der Waals surface area contributed by atoms with Crippen molar-refractivity contribution in [1.29, 1.82) is 0 Å². The van der Waals surface area contributed by atoms with Gasteiger partial charge >= 0.3 is 0 Å². The molecule has 0 radical (unpaired) electrons. The van der Waals surface area contributed by atoms with Gasteiger partial charge in [-0.05, 0) is 54.0 Å². The van der Waals surface area contributed by atoms with Gasteiger partial charge in [0.15, 0.2) is 5.78 Å². The summed E-state index contributed by atoms with van der Waals surface area (Å²) >= 11 is 0. The van der Waals surface area contributed by atoms with Gasteiger partial charge in [-0.25, -0.2) is 14.4 Å². The highest BCUT2D eigenvalue weighted by molar-refractivity contribution is 6.04. The number of fused-ring (bicyclic) bond motifs is 1. The highest BCUT2D eigenvalue weighted by Gasteiger charge is 2.31. The molecule has 1 atom stereocenters. The number of aromatic nitrogens is 2. The molecule has 0 spiro atoms. The Morgan fingerprint density at radius 1 is 0.850 bits per heavy atom. The quantitative estimate of drug-likeness (QED) is 0.159. The molecular weight excluding hydrogens is 499 g/mol. The van der Waals surface area contributed by atoms with E-state index in [1.165, 1.54) is 6.07 Å². The van der Waals surface area contributed by atoms with E-state index in [4.69, 9.17) is 4.74 Å². The lowest BCUT2D eigenvalue weighted by Gasteiger charge is -2.32. The van der Waals surface area contributed by atoms with Crippen LogP contribution >= 0.6 is 0 Å². The van der Waals surface area contributed by atoms with Crippen LogP contribution in [0.4, 0.5) is 4.39 Å². The van der Waals surface area contributed by atoms with Crippen LogP contribution in [0.5, 0.6) is 11.6 Å². The zero-order valence-corrected chi connectivity index (χ0v) is 21.6. The lowest BCUT2D eigenvalue weighted by Crippen LogP contribution is -2.24. The molecule has 1 heterocycles. The van der Waals surface area contributed by atoms with Gasteiger partial charge in [-0.1, -0.05) is 97.1 Å². The topological polar surface area (TPSA) is 52.1 Å². The molecule has 0 N–H and O–H groups in total. The van der Waals surface area contributed by atoms with Gasteiger partial charge in [0.2, 0.25) is 5.88 Å². The zero-order chi connectivity index (χ0) is 27.4. The van der Waals surface area contributed by atoms with E-state index in [1.807, 2.05) is 91.0 Å². The van der Waals surface area contributed by atoms with E-state index in [2.05, 4.69) is 16.0 Å². The fraction of sp³-hybridized carbons (Fsp3) is 0.0571. The molecule has 1 aliphatic carbocycles. The number of halogens is 1. The number of rotatable bonds is 7. The van der Waals surface area contributed by atoms with Gasteiger partial charge in [0.05, 0.1) is 17.2 Å². The van der Waals surface area contributed by atoms with Crippen LogP contribution < -0.4 is 4.74 Å². The molecule has 1 unspecified atom stereocenters. The second kappa shape index (κ2) is 10.9. The maximum Gasteiger partial charge on any atom is 0.238 e. The smallest absolute Gasteiger partial charge is 0.238 e. The van der Waals surface area contributed by atoms with Crippen molar-refractivity contribution in [2.45, 2.75) is 11.8 Å². The fourth-order valence-electron chi connectivity index (χ4n) is 4.95. The van der Waals surface area contributed by atoms with E-state index < -0.39 is 5.41 Å². The van der Waals surface area contributed by atoms with Gasteiger partial charge in [0.25, 0.3) is 0 Å². The second-order valence-corrected chi connectivity index (χ2v) is 9.64. The van der Waals surface area contributed by atoms with Gasteiger partial charge in [0.1, 0.15) is 11.6 Å². The minimum Gasteiger partial charge on any atom is -0.437 e. The lowest BCUT2D eigenvalue weighted by atomic mass is 9.71. The first-order chi connectivity index (χ1) is 19.6. The van der Waals surface area contributed by atoms with E-state index in [0.717, 1.165) is 22.2 Å². The van der Waals surface area contributed by atoms with Gasteiger partial charge in [-0.2, -0.15) is 0 Å². The Labute approximate surface area is 231 Å². The maximum atomic E-state index is 14.8. The Kier molecular flexibility index (Phi) is 6.86. The zero-order valence-electron chi connectivity index (χ0n) is 21.6. The molecule has 5 heteroatoms. The first kappa shape index (κ1) is 25.1. The van der Waals surface area contributed by atoms with Crippen molar-refractivity contribution in [2.24, 2.45) is 0 Å². The summed E-state index contributed by atoms with van der Waals surface area (Å²) in [5, 5.41) is 0. The van der Waals surface area contributed by atoms with Gasteiger partial charge in [-0.3, -0.25) is 4.79 Å². The van der Waals surface area contributed by atoms with Crippen molar-refractivity contribution in [3.8, 4) is 11.6 Å². The second-order valence-electron chi connectivity index (χ2n) is 9.64. The van der Waals surface area contributed by atoms with Crippen molar-refractivity contribution in [1.82, 2.24) is 9.97 Å². The predicted octanol–water partition coefficient (Wildman–Crippen LogP) is 8.28. The third-order valence-electron chi connectivity index (χ3n) is 7.02. The third kappa shape index (κ3) is 5.22. The van der Waals surface area contributed by atoms with Crippen LogP contribution in [0.15, 0.2) is 140 Å². The predicted molar refractivity (Wildman–Crippen MR) is 156 cm³/mol. The molecule has 0 aliphatic heterocycles. The molecule has 4 nitrogen and oxygen atoms in total. The molecular formula is C35H25FN2O2. The summed E-state index contributed by atoms with van der Waals surface area (Å²) in [6, 6.07) is 31.2. The summed E-state index contributed by atoms with van der Waals surface area (Å²) in [6.45, 7) is 0. The van der Waals surface area contributed by atoms with Crippen LogP contribution in [0, 0.1) is 5.82 Å². The molecule has 6 rings (SSSR count). The van der Waals surface area contributed by atoms with E-state index >= 15 is 0 Å². The van der Waals surface area contributed by atoms with Crippen LogP contribution in [0.25, 0.3) is 16.6 Å². The normalized spacial score (nSPS) is 16.7. The lowest BCUT2D eigenvalue weighted by molar-refractivity contribution is 0.104. The van der Waals surface area contributed by atoms with Crippen LogP contribution in [0.1, 0.15) is 27.9 Å². The molecule has 0 bridgehead atoms. The Hall–Kier alpha value is -5.16. The number of allylic oxidation sites excluding steroid dienone is 6. The molecule has 0 saturated heterocycles. The Balaban J connectivity index is 1.32. The number of benzene rings is 4. The average molecular weight is 525 g/mol. The monoisotopic (exact) mass is 524 g/mol.